The number of rotatable bonds is 7. The number of para-hydroxylation sites is 2. The van der Waals surface area contributed by atoms with Gasteiger partial charge in [-0.05, 0) is 54.3 Å². The molecule has 176 valence electrons. The van der Waals surface area contributed by atoms with Crippen LogP contribution in [0.2, 0.25) is 5.02 Å². The zero-order chi connectivity index (χ0) is 24.3. The largest absolute Gasteiger partial charge is 0.492 e. The quantitative estimate of drug-likeness (QED) is 0.329. The maximum Gasteiger partial charge on any atom is 0.253 e. The lowest BCUT2D eigenvalue weighted by atomic mass is 9.87. The van der Waals surface area contributed by atoms with Crippen LogP contribution in [-0.4, -0.2) is 22.1 Å². The van der Waals surface area contributed by atoms with Crippen molar-refractivity contribution in [2.24, 2.45) is 0 Å². The second kappa shape index (κ2) is 9.90. The second-order valence-electron chi connectivity index (χ2n) is 9.41. The number of benzene rings is 3. The number of hydrogen-bond acceptors (Lipinski definition) is 3. The number of carbonyl (C=O) groups excluding carboxylic acids is 1. The lowest BCUT2D eigenvalue weighted by molar-refractivity contribution is 0.0937. The number of carbonyl (C=O) groups is 1. The number of nitrogens with zero attached hydrogens (tertiary/aromatic N) is 2. The molecule has 1 amide bonds. The molecule has 1 atom stereocenters. The average Bonchev–Trinajstić information content (AvgIpc) is 3.18. The molecule has 0 spiro atoms. The van der Waals surface area contributed by atoms with E-state index in [9.17, 15) is 4.79 Å². The Morgan fingerprint density at radius 1 is 1.03 bits per heavy atom. The Morgan fingerprint density at radius 3 is 2.41 bits per heavy atom. The molecular weight excluding hydrogens is 446 g/mol. The minimum Gasteiger partial charge on any atom is -0.492 e. The normalized spacial score (nSPS) is 12.5. The molecule has 0 aliphatic heterocycles. The molecule has 0 aliphatic carbocycles. The Bertz CT molecular complexity index is 1290. The van der Waals surface area contributed by atoms with Gasteiger partial charge in [-0.3, -0.25) is 4.79 Å². The van der Waals surface area contributed by atoms with Gasteiger partial charge in [0.25, 0.3) is 5.91 Å². The summed E-state index contributed by atoms with van der Waals surface area (Å²) in [5.74, 6) is 1.37. The summed E-state index contributed by atoms with van der Waals surface area (Å²) < 4.78 is 8.15. The number of hydrogen-bond donors (Lipinski definition) is 1. The molecule has 0 bridgehead atoms. The van der Waals surface area contributed by atoms with Gasteiger partial charge in [0.1, 0.15) is 18.2 Å². The maximum atomic E-state index is 12.8. The fraction of sp³-hybridized carbons (Fsp3) is 0.286. The van der Waals surface area contributed by atoms with E-state index in [4.69, 9.17) is 21.3 Å². The lowest BCUT2D eigenvalue weighted by Gasteiger charge is -2.19. The van der Waals surface area contributed by atoms with Crippen LogP contribution in [0.4, 0.5) is 0 Å². The summed E-state index contributed by atoms with van der Waals surface area (Å²) in [6, 6.07) is 22.9. The lowest BCUT2D eigenvalue weighted by Crippen LogP contribution is -2.29. The van der Waals surface area contributed by atoms with Crippen molar-refractivity contribution in [2.45, 2.75) is 45.7 Å². The zero-order valence-electron chi connectivity index (χ0n) is 20.0. The van der Waals surface area contributed by atoms with Gasteiger partial charge in [0.2, 0.25) is 0 Å². The molecule has 1 heterocycles. The summed E-state index contributed by atoms with van der Waals surface area (Å²) in [7, 11) is 0. The Hall–Kier alpha value is -3.31. The molecule has 4 rings (SSSR count). The van der Waals surface area contributed by atoms with Crippen molar-refractivity contribution >= 4 is 28.5 Å². The molecule has 0 aliphatic rings. The number of nitrogens with one attached hydrogen (secondary N) is 1. The highest BCUT2D eigenvalue weighted by Crippen LogP contribution is 2.25. The van der Waals surface area contributed by atoms with Gasteiger partial charge >= 0.3 is 0 Å². The summed E-state index contributed by atoms with van der Waals surface area (Å²) in [6.45, 7) is 9.59. The first kappa shape index (κ1) is 23.8. The van der Waals surface area contributed by atoms with E-state index in [1.807, 2.05) is 43.3 Å². The van der Waals surface area contributed by atoms with Crippen LogP contribution in [0.25, 0.3) is 11.0 Å². The smallest absolute Gasteiger partial charge is 0.253 e. The second-order valence-corrected chi connectivity index (χ2v) is 9.82. The predicted octanol–water partition coefficient (Wildman–Crippen LogP) is 6.56. The molecular formula is C28H30ClN3O2. The SMILES string of the molecule is CC(NC(=O)c1ccccc1Cl)c1nc2ccccc2n1CCOc1ccc(C(C)(C)C)cc1. The van der Waals surface area contributed by atoms with Crippen molar-refractivity contribution in [3.05, 3.63) is 94.8 Å². The minimum absolute atomic E-state index is 0.105. The van der Waals surface area contributed by atoms with Crippen LogP contribution in [0, 0.1) is 0 Å². The van der Waals surface area contributed by atoms with Crippen LogP contribution in [-0.2, 0) is 12.0 Å². The molecule has 4 aromatic rings. The first-order chi connectivity index (χ1) is 16.2. The van der Waals surface area contributed by atoms with E-state index in [-0.39, 0.29) is 17.4 Å². The number of fused-ring (bicyclic) bond motifs is 1. The number of halogens is 1. The summed E-state index contributed by atoms with van der Waals surface area (Å²) >= 11 is 6.21. The summed E-state index contributed by atoms with van der Waals surface area (Å²) in [4.78, 5) is 17.6. The third-order valence-corrected chi connectivity index (χ3v) is 6.17. The van der Waals surface area contributed by atoms with Gasteiger partial charge in [-0.2, -0.15) is 0 Å². The Morgan fingerprint density at radius 2 is 1.71 bits per heavy atom. The molecule has 1 aromatic heterocycles. The van der Waals surface area contributed by atoms with E-state index in [2.05, 4.69) is 42.8 Å². The Labute approximate surface area is 205 Å². The molecule has 3 aromatic carbocycles. The Balaban J connectivity index is 1.51. The monoisotopic (exact) mass is 475 g/mol. The van der Waals surface area contributed by atoms with Crippen molar-refractivity contribution in [1.29, 1.82) is 0 Å². The van der Waals surface area contributed by atoms with Crippen molar-refractivity contribution in [2.75, 3.05) is 6.61 Å². The first-order valence-corrected chi connectivity index (χ1v) is 11.9. The number of aromatic nitrogens is 2. The topological polar surface area (TPSA) is 56.2 Å². The highest BCUT2D eigenvalue weighted by molar-refractivity contribution is 6.33. The summed E-state index contributed by atoms with van der Waals surface area (Å²) in [6.07, 6.45) is 0. The van der Waals surface area contributed by atoms with Gasteiger partial charge in [0, 0.05) is 0 Å². The molecule has 0 saturated carbocycles. The molecule has 0 radical (unpaired) electrons. The highest BCUT2D eigenvalue weighted by Gasteiger charge is 2.20. The van der Waals surface area contributed by atoms with E-state index in [0.717, 1.165) is 22.6 Å². The fourth-order valence-corrected chi connectivity index (χ4v) is 4.17. The third-order valence-electron chi connectivity index (χ3n) is 5.84. The molecule has 1 unspecified atom stereocenters. The third kappa shape index (κ3) is 5.26. The number of amides is 1. The minimum atomic E-state index is -0.317. The highest BCUT2D eigenvalue weighted by atomic mass is 35.5. The molecule has 0 saturated heterocycles. The molecule has 0 fully saturated rings. The van der Waals surface area contributed by atoms with Crippen LogP contribution < -0.4 is 10.1 Å². The van der Waals surface area contributed by atoms with Crippen LogP contribution in [0.15, 0.2) is 72.8 Å². The van der Waals surface area contributed by atoms with Gasteiger partial charge in [0.05, 0.1) is 34.2 Å². The van der Waals surface area contributed by atoms with Gasteiger partial charge in [-0.15, -0.1) is 0 Å². The van der Waals surface area contributed by atoms with Gasteiger partial charge in [-0.25, -0.2) is 4.98 Å². The van der Waals surface area contributed by atoms with Crippen LogP contribution >= 0.6 is 11.6 Å². The van der Waals surface area contributed by atoms with Crippen LogP contribution in [0.5, 0.6) is 5.75 Å². The summed E-state index contributed by atoms with van der Waals surface area (Å²) in [5, 5.41) is 3.46. The average molecular weight is 476 g/mol. The Kier molecular flexibility index (Phi) is 6.94. The van der Waals surface area contributed by atoms with E-state index in [0.29, 0.717) is 23.7 Å². The predicted molar refractivity (Wildman–Crippen MR) is 138 cm³/mol. The van der Waals surface area contributed by atoms with E-state index in [1.165, 1.54) is 5.56 Å². The van der Waals surface area contributed by atoms with Crippen molar-refractivity contribution in [3.63, 3.8) is 0 Å². The zero-order valence-corrected chi connectivity index (χ0v) is 20.8. The van der Waals surface area contributed by atoms with Crippen LogP contribution in [0.1, 0.15) is 55.5 Å². The van der Waals surface area contributed by atoms with E-state index < -0.39 is 0 Å². The number of imidazole rings is 1. The molecule has 5 nitrogen and oxygen atoms in total. The first-order valence-electron chi connectivity index (χ1n) is 11.5. The standard InChI is InChI=1S/C28H30ClN3O2/c1-19(30-27(33)22-9-5-6-10-23(22)29)26-31-24-11-7-8-12-25(24)32(26)17-18-34-21-15-13-20(14-16-21)28(2,3)4/h5-16,19H,17-18H2,1-4H3,(H,30,33). The fourth-order valence-electron chi connectivity index (χ4n) is 3.95. The molecule has 6 heteroatoms. The van der Waals surface area contributed by atoms with Crippen molar-refractivity contribution < 1.29 is 9.53 Å². The van der Waals surface area contributed by atoms with Crippen LogP contribution in [0.3, 0.4) is 0 Å². The van der Waals surface area contributed by atoms with E-state index >= 15 is 0 Å². The maximum absolute atomic E-state index is 12.8. The van der Waals surface area contributed by atoms with Crippen molar-refractivity contribution in [3.8, 4) is 5.75 Å². The van der Waals surface area contributed by atoms with Gasteiger partial charge < -0.3 is 14.6 Å². The summed E-state index contributed by atoms with van der Waals surface area (Å²) in [5.41, 5.74) is 3.70. The molecule has 34 heavy (non-hydrogen) atoms. The number of ether oxygens (including phenoxy) is 1. The van der Waals surface area contributed by atoms with Crippen molar-refractivity contribution in [1.82, 2.24) is 14.9 Å². The van der Waals surface area contributed by atoms with E-state index in [1.54, 1.807) is 24.3 Å². The van der Waals surface area contributed by atoms with Gasteiger partial charge in [0.15, 0.2) is 0 Å². The van der Waals surface area contributed by atoms with Gasteiger partial charge in [-0.1, -0.05) is 68.8 Å². The molecule has 1 N–H and O–H groups in total.